The largest absolute Gasteiger partial charge is 0.350 e. The molecule has 1 saturated heterocycles. The Morgan fingerprint density at radius 1 is 1.12 bits per heavy atom. The Labute approximate surface area is 156 Å². The van der Waals surface area contributed by atoms with Gasteiger partial charge in [0.05, 0.1) is 0 Å². The van der Waals surface area contributed by atoms with E-state index in [2.05, 4.69) is 51.2 Å². The molecule has 2 heterocycles. The topological polar surface area (TPSA) is 66.9 Å². The summed E-state index contributed by atoms with van der Waals surface area (Å²) in [5, 5.41) is 18.6. The monoisotopic (exact) mass is 366 g/mol. The average Bonchev–Trinajstić information content (AvgIpc) is 3.19. The van der Waals surface area contributed by atoms with Crippen LogP contribution in [0, 0.1) is 0 Å². The summed E-state index contributed by atoms with van der Waals surface area (Å²) in [4.78, 5) is 12.3. The summed E-state index contributed by atoms with van der Waals surface area (Å²) < 4.78 is 0. The van der Waals surface area contributed by atoms with Crippen LogP contribution in [0.2, 0.25) is 0 Å². The number of rotatable bonds is 5. The van der Waals surface area contributed by atoms with Gasteiger partial charge in [0.2, 0.25) is 5.01 Å². The van der Waals surface area contributed by atoms with Crippen LogP contribution < -0.4 is 10.6 Å². The number of amides is 1. The van der Waals surface area contributed by atoms with Gasteiger partial charge in [0, 0.05) is 12.5 Å². The lowest BCUT2D eigenvalue weighted by molar-refractivity contribution is 0.0953. The van der Waals surface area contributed by atoms with E-state index in [0.29, 0.717) is 17.5 Å². The van der Waals surface area contributed by atoms with E-state index in [1.807, 2.05) is 12.1 Å². The van der Waals surface area contributed by atoms with Gasteiger partial charge >= 0.3 is 0 Å². The summed E-state index contributed by atoms with van der Waals surface area (Å²) in [5.41, 5.74) is 1.22. The van der Waals surface area contributed by atoms with Gasteiger partial charge in [0.25, 0.3) is 5.91 Å². The molecule has 0 bridgehead atoms. The van der Waals surface area contributed by atoms with Crippen LogP contribution in [0.25, 0.3) is 10.8 Å². The van der Waals surface area contributed by atoms with Crippen LogP contribution in [0.1, 0.15) is 39.1 Å². The van der Waals surface area contributed by atoms with E-state index in [9.17, 15) is 4.79 Å². The van der Waals surface area contributed by atoms with Crippen molar-refractivity contribution in [3.8, 4) is 0 Å². The Morgan fingerprint density at radius 2 is 1.92 bits per heavy atom. The van der Waals surface area contributed by atoms with Crippen LogP contribution in [0.5, 0.6) is 0 Å². The quantitative estimate of drug-likeness (QED) is 0.728. The first-order valence-corrected chi connectivity index (χ1v) is 9.91. The van der Waals surface area contributed by atoms with Crippen molar-refractivity contribution in [2.24, 2.45) is 0 Å². The third-order valence-electron chi connectivity index (χ3n) is 4.84. The third-order valence-corrected chi connectivity index (χ3v) is 5.92. The fraction of sp³-hybridized carbons (Fsp3) is 0.350. The van der Waals surface area contributed by atoms with E-state index in [0.717, 1.165) is 37.4 Å². The van der Waals surface area contributed by atoms with Crippen molar-refractivity contribution >= 4 is 28.0 Å². The van der Waals surface area contributed by atoms with Crippen molar-refractivity contribution in [3.63, 3.8) is 0 Å². The maximum atomic E-state index is 12.3. The number of benzene rings is 2. The third kappa shape index (κ3) is 3.92. The van der Waals surface area contributed by atoms with Gasteiger partial charge in [-0.15, -0.1) is 10.2 Å². The van der Waals surface area contributed by atoms with Crippen LogP contribution in [-0.2, 0) is 6.42 Å². The van der Waals surface area contributed by atoms with Gasteiger partial charge in [-0.25, -0.2) is 0 Å². The summed E-state index contributed by atoms with van der Waals surface area (Å²) in [7, 11) is 0. The number of nitrogens with zero attached hydrogens (tertiary/aromatic N) is 2. The zero-order chi connectivity index (χ0) is 17.8. The highest BCUT2D eigenvalue weighted by molar-refractivity contribution is 7.13. The maximum Gasteiger partial charge on any atom is 0.282 e. The lowest BCUT2D eigenvalue weighted by atomic mass is 9.99. The van der Waals surface area contributed by atoms with E-state index in [4.69, 9.17) is 0 Å². The minimum Gasteiger partial charge on any atom is -0.350 e. The summed E-state index contributed by atoms with van der Waals surface area (Å²) >= 11 is 1.43. The van der Waals surface area contributed by atoms with Gasteiger partial charge < -0.3 is 10.6 Å². The van der Waals surface area contributed by atoms with Crippen molar-refractivity contribution in [3.05, 3.63) is 58.0 Å². The summed E-state index contributed by atoms with van der Waals surface area (Å²) in [6.45, 7) is 2.62. The van der Waals surface area contributed by atoms with Gasteiger partial charge in [-0.05, 0) is 48.7 Å². The Balaban J connectivity index is 1.32. The molecule has 1 amide bonds. The molecular weight excluding hydrogens is 344 g/mol. The minimum atomic E-state index is -0.122. The molecule has 1 fully saturated rings. The van der Waals surface area contributed by atoms with Gasteiger partial charge in [-0.2, -0.15) is 0 Å². The number of carbonyl (C=O) groups excluding carboxylic acids is 1. The number of hydrogen-bond donors (Lipinski definition) is 2. The van der Waals surface area contributed by atoms with Crippen LogP contribution in [0.4, 0.5) is 0 Å². The first kappa shape index (κ1) is 17.1. The smallest absolute Gasteiger partial charge is 0.282 e. The van der Waals surface area contributed by atoms with Gasteiger partial charge in [-0.3, -0.25) is 4.79 Å². The predicted molar refractivity (Wildman–Crippen MR) is 105 cm³/mol. The van der Waals surface area contributed by atoms with Crippen LogP contribution in [0.15, 0.2) is 42.5 Å². The Kier molecular flexibility index (Phi) is 5.22. The zero-order valence-corrected chi connectivity index (χ0v) is 15.4. The second-order valence-corrected chi connectivity index (χ2v) is 7.67. The van der Waals surface area contributed by atoms with Crippen molar-refractivity contribution in [2.75, 3.05) is 19.6 Å². The predicted octanol–water partition coefficient (Wildman–Crippen LogP) is 3.13. The van der Waals surface area contributed by atoms with Crippen molar-refractivity contribution < 1.29 is 4.79 Å². The average molecular weight is 366 g/mol. The molecule has 0 radical (unpaired) electrons. The van der Waals surface area contributed by atoms with Crippen molar-refractivity contribution in [2.45, 2.75) is 25.2 Å². The molecule has 4 rings (SSSR count). The molecule has 26 heavy (non-hydrogen) atoms. The molecule has 1 aromatic heterocycles. The van der Waals surface area contributed by atoms with Gasteiger partial charge in [0.15, 0.2) is 0 Å². The highest BCUT2D eigenvalue weighted by atomic mass is 32.1. The van der Waals surface area contributed by atoms with E-state index < -0.39 is 0 Å². The van der Waals surface area contributed by atoms with E-state index in [1.54, 1.807) is 0 Å². The van der Waals surface area contributed by atoms with E-state index >= 15 is 0 Å². The van der Waals surface area contributed by atoms with Crippen molar-refractivity contribution in [1.29, 1.82) is 0 Å². The summed E-state index contributed by atoms with van der Waals surface area (Å²) in [6, 6.07) is 14.7. The molecule has 134 valence electrons. The molecule has 1 aliphatic rings. The molecule has 1 aliphatic heterocycles. The van der Waals surface area contributed by atoms with Crippen LogP contribution in [-0.4, -0.2) is 35.7 Å². The highest BCUT2D eigenvalue weighted by Gasteiger charge is 2.21. The molecule has 0 atom stereocenters. The van der Waals surface area contributed by atoms with Gasteiger partial charge in [0.1, 0.15) is 5.01 Å². The van der Waals surface area contributed by atoms with E-state index in [1.165, 1.54) is 27.7 Å². The molecule has 0 spiro atoms. The number of piperidine rings is 1. The first-order chi connectivity index (χ1) is 12.8. The number of carbonyl (C=O) groups is 1. The Hall–Kier alpha value is -2.31. The Morgan fingerprint density at radius 3 is 2.77 bits per heavy atom. The maximum absolute atomic E-state index is 12.3. The SMILES string of the molecule is O=C(NCCc1ccc2ccccc2c1)c1nnc(C2CCNCC2)s1. The molecule has 2 N–H and O–H groups in total. The first-order valence-electron chi connectivity index (χ1n) is 9.09. The van der Waals surface area contributed by atoms with Gasteiger partial charge in [-0.1, -0.05) is 53.8 Å². The number of fused-ring (bicyclic) bond motifs is 1. The number of aromatic nitrogens is 2. The molecule has 3 aromatic rings. The van der Waals surface area contributed by atoms with E-state index in [-0.39, 0.29) is 5.91 Å². The fourth-order valence-electron chi connectivity index (χ4n) is 3.35. The number of hydrogen-bond acceptors (Lipinski definition) is 5. The fourth-order valence-corrected chi connectivity index (χ4v) is 4.28. The minimum absolute atomic E-state index is 0.122. The highest BCUT2D eigenvalue weighted by Crippen LogP contribution is 2.27. The molecule has 2 aromatic carbocycles. The summed E-state index contributed by atoms with van der Waals surface area (Å²) in [5.74, 6) is 0.316. The molecule has 0 aliphatic carbocycles. The molecule has 0 saturated carbocycles. The second kappa shape index (κ2) is 7.93. The zero-order valence-electron chi connectivity index (χ0n) is 14.6. The van der Waals surface area contributed by atoms with Crippen LogP contribution in [0.3, 0.4) is 0 Å². The summed E-state index contributed by atoms with van der Waals surface area (Å²) in [6.07, 6.45) is 2.94. The normalized spacial score (nSPS) is 15.2. The number of nitrogens with one attached hydrogen (secondary N) is 2. The standard InChI is InChI=1S/C20H22N4OS/c25-18(20-24-23-19(26-20)16-8-10-21-11-9-16)22-12-7-14-5-6-15-3-1-2-4-17(15)13-14/h1-6,13,16,21H,7-12H2,(H,22,25). The lowest BCUT2D eigenvalue weighted by Crippen LogP contribution is -2.26. The lowest BCUT2D eigenvalue weighted by Gasteiger charge is -2.19. The second-order valence-electron chi connectivity index (χ2n) is 6.66. The Bertz CT molecular complexity index is 901. The van der Waals surface area contributed by atoms with Crippen molar-refractivity contribution in [1.82, 2.24) is 20.8 Å². The molecule has 5 nitrogen and oxygen atoms in total. The van der Waals surface area contributed by atoms with Crippen LogP contribution >= 0.6 is 11.3 Å². The molecule has 0 unspecified atom stereocenters. The molecule has 6 heteroatoms. The molecular formula is C20H22N4OS.